The van der Waals surface area contributed by atoms with Crippen LogP contribution in [0.15, 0.2) is 0 Å². The van der Waals surface area contributed by atoms with Gasteiger partial charge in [0.1, 0.15) is 18.2 Å². The molecule has 1 saturated heterocycles. The van der Waals surface area contributed by atoms with Crippen molar-refractivity contribution < 1.29 is 76.7 Å². The third-order valence-electron chi connectivity index (χ3n) is 16.2. The van der Waals surface area contributed by atoms with Crippen LogP contribution < -0.4 is 10.6 Å². The van der Waals surface area contributed by atoms with Gasteiger partial charge in [0.25, 0.3) is 0 Å². The molecule has 1 aliphatic heterocycles. The molecule has 0 aromatic carbocycles. The summed E-state index contributed by atoms with van der Waals surface area (Å²) in [6, 6.07) is -3.21. The van der Waals surface area contributed by atoms with Crippen LogP contribution in [-0.4, -0.2) is 132 Å². The molecule has 18 nitrogen and oxygen atoms in total. The fraction of sp³-hybridized carbons (Fsp3) is 0.939. The van der Waals surface area contributed by atoms with E-state index in [1.807, 2.05) is 0 Å². The molecule has 0 saturated carbocycles. The van der Waals surface area contributed by atoms with Crippen LogP contribution in [0.1, 0.15) is 311 Å². The van der Waals surface area contributed by atoms with Gasteiger partial charge in [-0.3, -0.25) is 18.9 Å². The Kier molecular flexibility index (Phi) is 51.9. The van der Waals surface area contributed by atoms with Gasteiger partial charge in [-0.15, -0.1) is 0 Å². The summed E-state index contributed by atoms with van der Waals surface area (Å²) in [5.74, 6) is -3.38. The van der Waals surface area contributed by atoms with Crippen LogP contribution in [0.3, 0.4) is 0 Å². The number of unbranched alkanes of at least 4 members (excludes halogenated alkanes) is 30. The highest BCUT2D eigenvalue weighted by Gasteiger charge is 2.52. The van der Waals surface area contributed by atoms with Gasteiger partial charge in [0, 0.05) is 19.8 Å². The summed E-state index contributed by atoms with van der Waals surface area (Å²) in [5.41, 5.74) is 0. The smallest absolute Gasteiger partial charge is 0.470 e. The number of carboxylic acid groups (broad SMARTS) is 1. The Morgan fingerprint density at radius 2 is 0.835 bits per heavy atom. The number of carboxylic acids is 1. The molecule has 0 aromatic heterocycles. The maximum absolute atomic E-state index is 14.5. The van der Waals surface area contributed by atoms with Gasteiger partial charge in [0.15, 0.2) is 18.4 Å². The number of phosphoric acid groups is 1. The van der Waals surface area contributed by atoms with Crippen LogP contribution in [0.5, 0.6) is 0 Å². The van der Waals surface area contributed by atoms with Gasteiger partial charge in [-0.25, -0.2) is 9.36 Å². The molecule has 0 bridgehead atoms. The number of ether oxygens (including phenoxy) is 6. The normalized spacial score (nSPS) is 18.7. The topological polar surface area (TPSA) is 255 Å². The third-order valence-corrected chi connectivity index (χ3v) is 16.7. The van der Waals surface area contributed by atoms with E-state index in [0.29, 0.717) is 39.1 Å². The number of esters is 1. The summed E-state index contributed by atoms with van der Waals surface area (Å²) < 4.78 is 55.6. The fourth-order valence-corrected chi connectivity index (χ4v) is 11.6. The summed E-state index contributed by atoms with van der Waals surface area (Å²) >= 11 is 0. The maximum atomic E-state index is 14.5. The number of rotatable bonds is 61. The molecule has 0 aromatic rings. The molecule has 2 amide bonds. The molecule has 0 spiro atoms. The van der Waals surface area contributed by atoms with Crippen molar-refractivity contribution in [3.63, 3.8) is 0 Å². The molecule has 2 unspecified atom stereocenters. The van der Waals surface area contributed by atoms with Gasteiger partial charge in [-0.1, -0.05) is 253 Å². The van der Waals surface area contributed by atoms with Crippen molar-refractivity contribution in [1.29, 1.82) is 0 Å². The second-order valence-electron chi connectivity index (χ2n) is 24.2. The van der Waals surface area contributed by atoms with Crippen molar-refractivity contribution in [3.8, 4) is 0 Å². The van der Waals surface area contributed by atoms with E-state index in [-0.39, 0.29) is 19.3 Å². The van der Waals surface area contributed by atoms with Gasteiger partial charge in [0.05, 0.1) is 50.8 Å². The van der Waals surface area contributed by atoms with Gasteiger partial charge in [-0.2, -0.15) is 0 Å². The van der Waals surface area contributed by atoms with Gasteiger partial charge >= 0.3 is 19.8 Å². The highest BCUT2D eigenvalue weighted by atomic mass is 31.2. The number of hydrogen-bond acceptors (Lipinski definition) is 13. The molecule has 1 aliphatic rings. The average Bonchev–Trinajstić information content (AvgIpc) is 1.91. The van der Waals surface area contributed by atoms with Crippen LogP contribution in [-0.2, 0) is 56.7 Å². The number of aliphatic hydroxyl groups excluding tert-OH is 1. The van der Waals surface area contributed by atoms with Crippen molar-refractivity contribution in [3.05, 3.63) is 0 Å². The monoisotopic (exact) mass is 1230 g/mol. The maximum Gasteiger partial charge on any atom is 0.470 e. The van der Waals surface area contributed by atoms with Crippen LogP contribution in [0.25, 0.3) is 0 Å². The third kappa shape index (κ3) is 44.0. The van der Waals surface area contributed by atoms with E-state index < -0.39 is 99.8 Å². The Hall–Kier alpha value is -2.25. The van der Waals surface area contributed by atoms with Gasteiger partial charge < -0.3 is 59.1 Å². The molecule has 9 atom stereocenters. The van der Waals surface area contributed by atoms with Crippen molar-refractivity contribution in [2.45, 2.75) is 366 Å². The molecule has 85 heavy (non-hydrogen) atoms. The van der Waals surface area contributed by atoms with Crippen molar-refractivity contribution in [2.75, 3.05) is 33.0 Å². The van der Waals surface area contributed by atoms with Crippen molar-refractivity contribution >= 4 is 31.6 Å². The summed E-state index contributed by atoms with van der Waals surface area (Å²) in [5, 5.41) is 26.8. The summed E-state index contributed by atoms with van der Waals surface area (Å²) in [4.78, 5) is 76.4. The predicted molar refractivity (Wildman–Crippen MR) is 337 cm³/mol. The molecule has 502 valence electrons. The first-order valence-corrected chi connectivity index (χ1v) is 36.2. The van der Waals surface area contributed by atoms with E-state index in [4.69, 9.17) is 32.9 Å². The van der Waals surface area contributed by atoms with E-state index >= 15 is 0 Å². The number of carbonyl (C=O) groups excluding carboxylic acids is 3. The van der Waals surface area contributed by atoms with Crippen LogP contribution in [0.2, 0.25) is 0 Å². The van der Waals surface area contributed by atoms with Gasteiger partial charge in [0.2, 0.25) is 11.8 Å². The van der Waals surface area contributed by atoms with Gasteiger partial charge in [-0.05, 0) is 38.5 Å². The Bertz CT molecular complexity index is 1660. The first-order chi connectivity index (χ1) is 41.2. The lowest BCUT2D eigenvalue weighted by atomic mass is 9.95. The standard InChI is InChI=1S/C66H127N2O16P/c1-7-13-19-25-28-31-34-37-43-54(78-46-40-22-16-10-4)49-59(70)67-57(65(73)74)53-81-66-62(68-60(71)50-55(79-47-41-23-17-11-5)44-38-35-32-29-26-20-14-8-2)64(63(58(52-69)82-66)84-85(75,76)77)83-61(72)51-56(80-48-42-24-18-12-6)45-39-36-33-30-27-21-15-9-3/h54-58,62-64,66,69H,7-53H2,1-6H3,(H,67,70)(H,68,71)(H,73,74)(H2,75,76,77)/t54-,55-,56-,57+,58?,62?,63-,64-,66-/m1/s1. The van der Waals surface area contributed by atoms with Crippen LogP contribution >= 0.6 is 7.82 Å². The first-order valence-electron chi connectivity index (χ1n) is 34.6. The zero-order chi connectivity index (χ0) is 62.6. The molecule has 1 heterocycles. The number of carbonyl (C=O) groups is 4. The van der Waals surface area contributed by atoms with E-state index in [2.05, 4.69) is 52.2 Å². The lowest BCUT2D eigenvalue weighted by Crippen LogP contribution is -2.66. The van der Waals surface area contributed by atoms with Crippen molar-refractivity contribution in [2.24, 2.45) is 0 Å². The van der Waals surface area contributed by atoms with Crippen LogP contribution in [0, 0.1) is 0 Å². The highest BCUT2D eigenvalue weighted by Crippen LogP contribution is 2.42. The van der Waals surface area contributed by atoms with E-state index in [1.54, 1.807) is 0 Å². The Morgan fingerprint density at radius 1 is 0.482 bits per heavy atom. The number of nitrogens with one attached hydrogen (secondary N) is 2. The molecule has 6 N–H and O–H groups in total. The summed E-state index contributed by atoms with van der Waals surface area (Å²) in [6.45, 7) is 12.7. The van der Waals surface area contributed by atoms with E-state index in [0.717, 1.165) is 154 Å². The Morgan fingerprint density at radius 3 is 1.20 bits per heavy atom. The largest absolute Gasteiger partial charge is 0.480 e. The van der Waals surface area contributed by atoms with E-state index in [1.165, 1.54) is 77.0 Å². The van der Waals surface area contributed by atoms with Crippen molar-refractivity contribution in [1.82, 2.24) is 10.6 Å². The lowest BCUT2D eigenvalue weighted by Gasteiger charge is -2.45. The SMILES string of the molecule is CCCCCCCCCC[C@H](CC(=O)NC1[C@H](OC[C@H](NC(=O)C[C@@H](CCCCCCCCCC)OCCCCCC)C(=O)O)OC(CO)[C@@H](OP(=O)(O)O)[C@@H]1OC(=O)C[C@@H](CCCCCCCCCC)OCCCCCC)OCCCCCC. The summed E-state index contributed by atoms with van der Waals surface area (Å²) in [6.07, 6.45) is 31.0. The highest BCUT2D eigenvalue weighted by molar-refractivity contribution is 7.46. The number of aliphatic hydroxyl groups is 1. The van der Waals surface area contributed by atoms with Crippen LogP contribution in [0.4, 0.5) is 0 Å². The number of aliphatic carboxylic acids is 1. The zero-order valence-corrected chi connectivity index (χ0v) is 55.5. The minimum absolute atomic E-state index is 0.0814. The molecule has 1 fully saturated rings. The molecule has 19 heteroatoms. The Labute approximate surface area is 516 Å². The molecular weight excluding hydrogens is 1110 g/mol. The number of amides is 2. The molecule has 0 radical (unpaired) electrons. The fourth-order valence-electron chi connectivity index (χ4n) is 11.0. The molecule has 1 rings (SSSR count). The van der Waals surface area contributed by atoms with E-state index in [9.17, 15) is 43.7 Å². The second-order valence-corrected chi connectivity index (χ2v) is 25.4. The number of phosphoric ester groups is 1. The lowest BCUT2D eigenvalue weighted by molar-refractivity contribution is -0.272. The quantitative estimate of drug-likeness (QED) is 0.0188. The second kappa shape index (κ2) is 54.7. The molecular formula is C66H127N2O16P. The minimum Gasteiger partial charge on any atom is -0.480 e. The number of hydrogen-bond donors (Lipinski definition) is 6. The average molecular weight is 1240 g/mol. The summed E-state index contributed by atoms with van der Waals surface area (Å²) in [7, 11) is -5.42. The molecule has 0 aliphatic carbocycles. The Balaban J connectivity index is 3.67. The first kappa shape index (κ1) is 80.8. The predicted octanol–water partition coefficient (Wildman–Crippen LogP) is 14.8. The minimum atomic E-state index is -5.42. The zero-order valence-electron chi connectivity index (χ0n) is 54.6.